The third-order valence-corrected chi connectivity index (χ3v) is 3.76. The lowest BCUT2D eigenvalue weighted by Gasteiger charge is -2.12. The van der Waals surface area contributed by atoms with Gasteiger partial charge in [-0.05, 0) is 55.7 Å². The largest absolute Gasteiger partial charge is 0.388 e. The van der Waals surface area contributed by atoms with E-state index in [2.05, 4.69) is 17.4 Å². The van der Waals surface area contributed by atoms with E-state index in [0.29, 0.717) is 19.4 Å². The highest BCUT2D eigenvalue weighted by molar-refractivity contribution is 5.75. The first kappa shape index (κ1) is 14.1. The summed E-state index contributed by atoms with van der Waals surface area (Å²) in [7, 11) is 0. The summed E-state index contributed by atoms with van der Waals surface area (Å²) in [6.45, 7) is 2.59. The molecule has 3 nitrogen and oxygen atoms in total. The van der Waals surface area contributed by atoms with E-state index >= 15 is 0 Å². The van der Waals surface area contributed by atoms with Crippen molar-refractivity contribution in [2.45, 2.75) is 51.6 Å². The molecule has 2 rings (SSSR count). The van der Waals surface area contributed by atoms with Crippen molar-refractivity contribution in [3.63, 3.8) is 0 Å². The summed E-state index contributed by atoms with van der Waals surface area (Å²) in [5, 5.41) is 12.9. The van der Waals surface area contributed by atoms with E-state index in [1.165, 1.54) is 24.0 Å². The van der Waals surface area contributed by atoms with Crippen LogP contribution < -0.4 is 5.32 Å². The molecule has 1 aromatic carbocycles. The van der Waals surface area contributed by atoms with Crippen LogP contribution in [0.4, 0.5) is 0 Å². The Hall–Kier alpha value is -1.35. The Morgan fingerprint density at radius 2 is 2.16 bits per heavy atom. The highest BCUT2D eigenvalue weighted by Gasteiger charge is 2.14. The quantitative estimate of drug-likeness (QED) is 0.826. The maximum atomic E-state index is 11.3. The summed E-state index contributed by atoms with van der Waals surface area (Å²) in [6.07, 6.45) is 4.96. The fourth-order valence-corrected chi connectivity index (χ4v) is 2.71. The number of carbonyl (C=O) groups excluding carboxylic acids is 1. The average Bonchev–Trinajstić information content (AvgIpc) is 2.86. The molecule has 1 aliphatic carbocycles. The Morgan fingerprint density at radius 1 is 1.37 bits per heavy atom. The lowest BCUT2D eigenvalue weighted by atomic mass is 9.99. The van der Waals surface area contributed by atoms with Gasteiger partial charge in [-0.3, -0.25) is 4.79 Å². The Labute approximate surface area is 115 Å². The van der Waals surface area contributed by atoms with Crippen LogP contribution in [0.15, 0.2) is 18.2 Å². The first-order chi connectivity index (χ1) is 9.20. The van der Waals surface area contributed by atoms with Crippen LogP contribution in [-0.4, -0.2) is 17.6 Å². The summed E-state index contributed by atoms with van der Waals surface area (Å²) in [4.78, 5) is 11.3. The first-order valence-electron chi connectivity index (χ1n) is 7.27. The van der Waals surface area contributed by atoms with Crippen molar-refractivity contribution in [2.75, 3.05) is 6.54 Å². The van der Waals surface area contributed by atoms with Crippen molar-refractivity contribution in [3.05, 3.63) is 34.9 Å². The Morgan fingerprint density at radius 3 is 2.95 bits per heavy atom. The fourth-order valence-electron chi connectivity index (χ4n) is 2.71. The minimum atomic E-state index is -0.444. The van der Waals surface area contributed by atoms with Crippen molar-refractivity contribution in [3.8, 4) is 0 Å². The van der Waals surface area contributed by atoms with E-state index in [9.17, 15) is 9.90 Å². The molecule has 0 heterocycles. The molecule has 0 spiro atoms. The first-order valence-corrected chi connectivity index (χ1v) is 7.27. The Balaban J connectivity index is 1.83. The SMILES string of the molecule is CCNC(=O)CCCC(O)c1ccc2c(c1)CCC2. The van der Waals surface area contributed by atoms with Gasteiger partial charge in [0, 0.05) is 13.0 Å². The van der Waals surface area contributed by atoms with Crippen LogP contribution in [0.25, 0.3) is 0 Å². The molecule has 1 atom stereocenters. The van der Waals surface area contributed by atoms with Crippen molar-refractivity contribution in [1.29, 1.82) is 0 Å². The minimum Gasteiger partial charge on any atom is -0.388 e. The normalized spacial score (nSPS) is 15.1. The number of aliphatic hydroxyl groups excluding tert-OH is 1. The number of aliphatic hydroxyl groups is 1. The summed E-state index contributed by atoms with van der Waals surface area (Å²) in [6, 6.07) is 6.31. The van der Waals surface area contributed by atoms with E-state index in [1.807, 2.05) is 13.0 Å². The molecule has 2 N–H and O–H groups in total. The molecule has 0 saturated heterocycles. The van der Waals surface area contributed by atoms with Gasteiger partial charge in [0.1, 0.15) is 0 Å². The average molecular weight is 261 g/mol. The number of hydrogen-bond acceptors (Lipinski definition) is 2. The van der Waals surface area contributed by atoms with Gasteiger partial charge in [0.2, 0.25) is 5.91 Å². The molecule has 1 amide bonds. The minimum absolute atomic E-state index is 0.0728. The number of fused-ring (bicyclic) bond motifs is 1. The predicted octanol–water partition coefficient (Wildman–Crippen LogP) is 2.52. The number of hydrogen-bond donors (Lipinski definition) is 2. The number of benzene rings is 1. The number of aryl methyl sites for hydroxylation is 2. The molecule has 1 aromatic rings. The third kappa shape index (κ3) is 3.80. The number of carbonyl (C=O) groups is 1. The molecule has 0 saturated carbocycles. The number of nitrogens with one attached hydrogen (secondary N) is 1. The topological polar surface area (TPSA) is 49.3 Å². The van der Waals surface area contributed by atoms with Gasteiger partial charge in [0.25, 0.3) is 0 Å². The Bertz CT molecular complexity index is 442. The molecule has 0 radical (unpaired) electrons. The number of amides is 1. The summed E-state index contributed by atoms with van der Waals surface area (Å²) >= 11 is 0. The zero-order chi connectivity index (χ0) is 13.7. The molecule has 0 bridgehead atoms. The summed E-state index contributed by atoms with van der Waals surface area (Å²) in [5.41, 5.74) is 3.81. The molecule has 0 aliphatic heterocycles. The molecule has 3 heteroatoms. The van der Waals surface area contributed by atoms with E-state index in [-0.39, 0.29) is 5.91 Å². The van der Waals surface area contributed by atoms with Crippen LogP contribution in [0, 0.1) is 0 Å². The highest BCUT2D eigenvalue weighted by Crippen LogP contribution is 2.27. The van der Waals surface area contributed by atoms with Crippen LogP contribution in [0.3, 0.4) is 0 Å². The van der Waals surface area contributed by atoms with E-state index in [1.54, 1.807) is 0 Å². The molecule has 1 aliphatic rings. The smallest absolute Gasteiger partial charge is 0.219 e. The molecular weight excluding hydrogens is 238 g/mol. The summed E-state index contributed by atoms with van der Waals surface area (Å²) in [5.74, 6) is 0.0728. The van der Waals surface area contributed by atoms with Crippen molar-refractivity contribution in [2.24, 2.45) is 0 Å². The third-order valence-electron chi connectivity index (χ3n) is 3.76. The van der Waals surface area contributed by atoms with Crippen molar-refractivity contribution >= 4 is 5.91 Å². The van der Waals surface area contributed by atoms with Gasteiger partial charge in [-0.1, -0.05) is 18.2 Å². The molecular formula is C16H23NO2. The van der Waals surface area contributed by atoms with Gasteiger partial charge in [-0.15, -0.1) is 0 Å². The van der Waals surface area contributed by atoms with Gasteiger partial charge in [-0.2, -0.15) is 0 Å². The van der Waals surface area contributed by atoms with E-state index in [0.717, 1.165) is 18.4 Å². The van der Waals surface area contributed by atoms with Crippen LogP contribution in [0.2, 0.25) is 0 Å². The van der Waals surface area contributed by atoms with Crippen molar-refractivity contribution < 1.29 is 9.90 Å². The van der Waals surface area contributed by atoms with Crippen LogP contribution in [0.5, 0.6) is 0 Å². The van der Waals surface area contributed by atoms with Gasteiger partial charge in [-0.25, -0.2) is 0 Å². The van der Waals surface area contributed by atoms with Crippen LogP contribution in [-0.2, 0) is 17.6 Å². The van der Waals surface area contributed by atoms with Gasteiger partial charge < -0.3 is 10.4 Å². The van der Waals surface area contributed by atoms with Gasteiger partial charge >= 0.3 is 0 Å². The van der Waals surface area contributed by atoms with E-state index < -0.39 is 6.10 Å². The number of rotatable bonds is 6. The lowest BCUT2D eigenvalue weighted by molar-refractivity contribution is -0.121. The maximum absolute atomic E-state index is 11.3. The van der Waals surface area contributed by atoms with Crippen LogP contribution in [0.1, 0.15) is 55.4 Å². The zero-order valence-electron chi connectivity index (χ0n) is 11.6. The predicted molar refractivity (Wildman–Crippen MR) is 76.0 cm³/mol. The van der Waals surface area contributed by atoms with Crippen LogP contribution >= 0.6 is 0 Å². The summed E-state index contributed by atoms with van der Waals surface area (Å²) < 4.78 is 0. The Kier molecular flexibility index (Phi) is 4.97. The molecule has 104 valence electrons. The zero-order valence-corrected chi connectivity index (χ0v) is 11.6. The molecule has 0 fully saturated rings. The standard InChI is InChI=1S/C16H23NO2/c1-2-17-16(19)8-4-7-15(18)14-10-9-12-5-3-6-13(12)11-14/h9-11,15,18H,2-8H2,1H3,(H,17,19). The van der Waals surface area contributed by atoms with Crippen molar-refractivity contribution in [1.82, 2.24) is 5.32 Å². The monoisotopic (exact) mass is 261 g/mol. The van der Waals surface area contributed by atoms with E-state index in [4.69, 9.17) is 0 Å². The maximum Gasteiger partial charge on any atom is 0.219 e. The van der Waals surface area contributed by atoms with Gasteiger partial charge in [0.05, 0.1) is 6.10 Å². The fraction of sp³-hybridized carbons (Fsp3) is 0.562. The second-order valence-corrected chi connectivity index (χ2v) is 5.24. The molecule has 19 heavy (non-hydrogen) atoms. The molecule has 1 unspecified atom stereocenters. The molecule has 0 aromatic heterocycles. The highest BCUT2D eigenvalue weighted by atomic mass is 16.3. The second kappa shape index (κ2) is 6.71. The van der Waals surface area contributed by atoms with Gasteiger partial charge in [0.15, 0.2) is 0 Å². The lowest BCUT2D eigenvalue weighted by Crippen LogP contribution is -2.22. The second-order valence-electron chi connectivity index (χ2n) is 5.24.